The number of benzene rings is 1. The fraction of sp³-hybridized carbons (Fsp3) is 0.500. The summed E-state index contributed by atoms with van der Waals surface area (Å²) >= 11 is 1.76. The molecule has 1 atom stereocenters. The van der Waals surface area contributed by atoms with Crippen LogP contribution in [0.3, 0.4) is 0 Å². The molecule has 1 unspecified atom stereocenters. The molecule has 6 heteroatoms. The van der Waals surface area contributed by atoms with E-state index in [1.54, 1.807) is 11.3 Å². The third-order valence-corrected chi connectivity index (χ3v) is 6.03. The largest absolute Gasteiger partial charge is 0.356 e. The van der Waals surface area contributed by atoms with Gasteiger partial charge < -0.3 is 10.6 Å². The van der Waals surface area contributed by atoms with Crippen molar-refractivity contribution in [1.82, 2.24) is 15.5 Å². The van der Waals surface area contributed by atoms with Gasteiger partial charge >= 0.3 is 0 Å². The molecule has 0 aliphatic carbocycles. The number of hydrogen-bond acceptors (Lipinski definition) is 3. The molecule has 1 aliphatic rings. The molecule has 154 valence electrons. The molecule has 1 saturated heterocycles. The first-order chi connectivity index (χ1) is 13.1. The molecule has 3 rings (SSSR count). The first-order valence-electron chi connectivity index (χ1n) is 9.91. The summed E-state index contributed by atoms with van der Waals surface area (Å²) in [6.45, 7) is 8.65. The number of aryl methyl sites for hydroxylation is 1. The van der Waals surface area contributed by atoms with E-state index in [4.69, 9.17) is 0 Å². The Morgan fingerprint density at radius 1 is 1.29 bits per heavy atom. The summed E-state index contributed by atoms with van der Waals surface area (Å²) in [4.78, 5) is 6.97. The first-order valence-corrected chi connectivity index (χ1v) is 10.9. The Morgan fingerprint density at radius 2 is 2.07 bits per heavy atom. The van der Waals surface area contributed by atoms with E-state index < -0.39 is 0 Å². The summed E-state index contributed by atoms with van der Waals surface area (Å²) in [6.07, 6.45) is 2.32. The highest BCUT2D eigenvalue weighted by atomic mass is 127. The number of aliphatic imine (C=N–C) groups is 1. The summed E-state index contributed by atoms with van der Waals surface area (Å²) < 4.78 is 0. The molecule has 0 radical (unpaired) electrons. The number of thiophene rings is 1. The number of piperidine rings is 1. The van der Waals surface area contributed by atoms with Crippen molar-refractivity contribution in [3.05, 3.63) is 57.8 Å². The second-order valence-electron chi connectivity index (χ2n) is 7.59. The van der Waals surface area contributed by atoms with E-state index in [2.05, 4.69) is 75.5 Å². The molecule has 1 fully saturated rings. The number of likely N-dealkylation sites (tertiary alicyclic amines) is 1. The van der Waals surface area contributed by atoms with Gasteiger partial charge in [-0.3, -0.25) is 9.89 Å². The Hall–Kier alpha value is -1.12. The van der Waals surface area contributed by atoms with Crippen LogP contribution in [0.4, 0.5) is 0 Å². The summed E-state index contributed by atoms with van der Waals surface area (Å²) in [5, 5.41) is 11.5. The molecule has 4 nitrogen and oxygen atoms in total. The van der Waals surface area contributed by atoms with Gasteiger partial charge in [-0.05, 0) is 53.6 Å². The van der Waals surface area contributed by atoms with E-state index in [0.29, 0.717) is 12.0 Å². The van der Waals surface area contributed by atoms with Crippen molar-refractivity contribution in [1.29, 1.82) is 0 Å². The van der Waals surface area contributed by atoms with Crippen LogP contribution in [0.15, 0.2) is 46.1 Å². The van der Waals surface area contributed by atoms with Crippen molar-refractivity contribution in [2.75, 3.05) is 26.7 Å². The minimum Gasteiger partial charge on any atom is -0.356 e. The van der Waals surface area contributed by atoms with Gasteiger partial charge in [-0.25, -0.2) is 0 Å². The van der Waals surface area contributed by atoms with Crippen LogP contribution in [0.25, 0.3) is 0 Å². The van der Waals surface area contributed by atoms with E-state index in [-0.39, 0.29) is 24.0 Å². The molecule has 2 N–H and O–H groups in total. The summed E-state index contributed by atoms with van der Waals surface area (Å²) in [5.74, 6) is 1.42. The lowest BCUT2D eigenvalue weighted by molar-refractivity contribution is 0.198. The average molecular weight is 513 g/mol. The Labute approximate surface area is 190 Å². The number of hydrogen-bond donors (Lipinski definition) is 2. The molecular weight excluding hydrogens is 479 g/mol. The zero-order valence-corrected chi connectivity index (χ0v) is 20.3. The van der Waals surface area contributed by atoms with E-state index in [9.17, 15) is 0 Å². The molecule has 28 heavy (non-hydrogen) atoms. The van der Waals surface area contributed by atoms with Gasteiger partial charge in [-0.1, -0.05) is 36.8 Å². The topological polar surface area (TPSA) is 39.7 Å². The number of guanidine groups is 1. The predicted molar refractivity (Wildman–Crippen MR) is 132 cm³/mol. The number of nitrogens with one attached hydrogen (secondary N) is 2. The van der Waals surface area contributed by atoms with Gasteiger partial charge in [0.2, 0.25) is 0 Å². The molecule has 1 aliphatic heterocycles. The molecule has 2 aromatic rings. The Kier molecular flexibility index (Phi) is 9.74. The van der Waals surface area contributed by atoms with E-state index >= 15 is 0 Å². The van der Waals surface area contributed by atoms with E-state index in [1.165, 1.54) is 16.7 Å². The third-order valence-electron chi connectivity index (χ3n) is 5.33. The highest BCUT2D eigenvalue weighted by molar-refractivity contribution is 14.0. The lowest BCUT2D eigenvalue weighted by Crippen LogP contribution is -2.49. The number of rotatable bonds is 6. The van der Waals surface area contributed by atoms with Gasteiger partial charge in [0.25, 0.3) is 0 Å². The minimum atomic E-state index is 0. The van der Waals surface area contributed by atoms with Crippen LogP contribution < -0.4 is 10.6 Å². The molecule has 1 aromatic carbocycles. The summed E-state index contributed by atoms with van der Waals surface area (Å²) in [5.41, 5.74) is 4.16. The maximum atomic E-state index is 4.42. The van der Waals surface area contributed by atoms with Gasteiger partial charge in [0.15, 0.2) is 5.96 Å². The predicted octanol–water partition coefficient (Wildman–Crippen LogP) is 4.61. The molecule has 0 bridgehead atoms. The first kappa shape index (κ1) is 23.2. The van der Waals surface area contributed by atoms with Crippen molar-refractivity contribution in [2.45, 2.75) is 45.2 Å². The van der Waals surface area contributed by atoms with Gasteiger partial charge in [0, 0.05) is 39.3 Å². The molecule has 0 amide bonds. The third kappa shape index (κ3) is 7.04. The fourth-order valence-electron chi connectivity index (χ4n) is 3.62. The van der Waals surface area contributed by atoms with Crippen molar-refractivity contribution < 1.29 is 0 Å². The van der Waals surface area contributed by atoms with Crippen LogP contribution in [-0.2, 0) is 6.54 Å². The van der Waals surface area contributed by atoms with Gasteiger partial charge in [0.1, 0.15) is 0 Å². The zero-order chi connectivity index (χ0) is 19.1. The Bertz CT molecular complexity index is 724. The van der Waals surface area contributed by atoms with Crippen LogP contribution >= 0.6 is 35.3 Å². The average Bonchev–Trinajstić information content (AvgIpc) is 3.21. The quantitative estimate of drug-likeness (QED) is 0.338. The molecule has 1 aromatic heterocycles. The van der Waals surface area contributed by atoms with Crippen LogP contribution in [0, 0.1) is 6.92 Å². The minimum absolute atomic E-state index is 0. The second kappa shape index (κ2) is 11.8. The summed E-state index contributed by atoms with van der Waals surface area (Å²) in [6, 6.07) is 11.6. The molecular formula is C22H33IN4S. The van der Waals surface area contributed by atoms with Gasteiger partial charge in [-0.2, -0.15) is 11.3 Å². The van der Waals surface area contributed by atoms with Crippen molar-refractivity contribution in [3.63, 3.8) is 0 Å². The van der Waals surface area contributed by atoms with E-state index in [0.717, 1.165) is 45.0 Å². The number of halogens is 1. The smallest absolute Gasteiger partial charge is 0.191 e. The molecule has 2 heterocycles. The van der Waals surface area contributed by atoms with Crippen LogP contribution in [-0.4, -0.2) is 43.6 Å². The normalized spacial score (nSPS) is 17.0. The van der Waals surface area contributed by atoms with Crippen molar-refractivity contribution in [3.8, 4) is 0 Å². The SMILES string of the molecule is CN=C(NCC(C)c1ccsc1)NC1CCN(Cc2cccc(C)c2)CC1.I. The fourth-order valence-corrected chi connectivity index (χ4v) is 4.40. The Morgan fingerprint density at radius 3 is 2.71 bits per heavy atom. The summed E-state index contributed by atoms with van der Waals surface area (Å²) in [7, 11) is 1.86. The van der Waals surface area contributed by atoms with Crippen LogP contribution in [0.2, 0.25) is 0 Å². The van der Waals surface area contributed by atoms with Crippen molar-refractivity contribution in [2.24, 2.45) is 4.99 Å². The van der Waals surface area contributed by atoms with Crippen LogP contribution in [0.5, 0.6) is 0 Å². The lowest BCUT2D eigenvalue weighted by atomic mass is 10.0. The molecule has 0 saturated carbocycles. The maximum Gasteiger partial charge on any atom is 0.191 e. The maximum absolute atomic E-state index is 4.42. The van der Waals surface area contributed by atoms with Gasteiger partial charge in [-0.15, -0.1) is 24.0 Å². The molecule has 0 spiro atoms. The lowest BCUT2D eigenvalue weighted by Gasteiger charge is -2.33. The zero-order valence-electron chi connectivity index (χ0n) is 17.1. The van der Waals surface area contributed by atoms with Gasteiger partial charge in [0.05, 0.1) is 0 Å². The van der Waals surface area contributed by atoms with Crippen molar-refractivity contribution >= 4 is 41.3 Å². The standard InChI is InChI=1S/C22H32N4S.HI/c1-17-5-4-6-19(13-17)15-26-10-7-21(8-11-26)25-22(23-3)24-14-18(2)20-9-12-27-16-20;/h4-6,9,12-13,16,18,21H,7-8,10-11,14-15H2,1-3H3,(H2,23,24,25);1H. The second-order valence-corrected chi connectivity index (χ2v) is 8.37. The highest BCUT2D eigenvalue weighted by Gasteiger charge is 2.20. The monoisotopic (exact) mass is 512 g/mol. The van der Waals surface area contributed by atoms with Crippen LogP contribution in [0.1, 0.15) is 42.4 Å². The Balaban J connectivity index is 0.00000280. The highest BCUT2D eigenvalue weighted by Crippen LogP contribution is 2.17. The van der Waals surface area contributed by atoms with E-state index in [1.807, 2.05) is 7.05 Å². The number of nitrogens with zero attached hydrogens (tertiary/aromatic N) is 2.